The largest absolute Gasteiger partial charge is 0.493 e. The highest BCUT2D eigenvalue weighted by Crippen LogP contribution is 2.22. The Kier molecular flexibility index (Phi) is 9.37. The molecular weight excluding hydrogens is 412 g/mol. The predicted molar refractivity (Wildman–Crippen MR) is 126 cm³/mol. The SMILES string of the molecule is CCCOc1ccccc1CCCNC(=O)CN(c1ccc(C(C)C)cc1)S(C)(=O)=O. The monoisotopic (exact) mass is 446 g/mol. The van der Waals surface area contributed by atoms with Gasteiger partial charge in [0.2, 0.25) is 15.9 Å². The van der Waals surface area contributed by atoms with Crippen molar-refractivity contribution in [3.05, 3.63) is 59.7 Å². The molecule has 31 heavy (non-hydrogen) atoms. The Balaban J connectivity index is 1.91. The van der Waals surface area contributed by atoms with Gasteiger partial charge in [0.05, 0.1) is 18.6 Å². The van der Waals surface area contributed by atoms with Crippen LogP contribution in [-0.4, -0.2) is 40.3 Å². The molecule has 0 spiro atoms. The summed E-state index contributed by atoms with van der Waals surface area (Å²) in [7, 11) is -3.58. The first-order chi connectivity index (χ1) is 14.7. The average molecular weight is 447 g/mol. The van der Waals surface area contributed by atoms with Gasteiger partial charge in [0.1, 0.15) is 12.3 Å². The minimum Gasteiger partial charge on any atom is -0.493 e. The van der Waals surface area contributed by atoms with Crippen molar-refractivity contribution in [2.24, 2.45) is 0 Å². The molecule has 2 aromatic rings. The van der Waals surface area contributed by atoms with E-state index >= 15 is 0 Å². The maximum Gasteiger partial charge on any atom is 0.240 e. The maximum absolute atomic E-state index is 12.4. The zero-order chi connectivity index (χ0) is 22.9. The van der Waals surface area contributed by atoms with E-state index in [0.717, 1.165) is 46.7 Å². The first-order valence-corrected chi connectivity index (χ1v) is 12.6. The molecule has 0 bridgehead atoms. The van der Waals surface area contributed by atoms with Crippen LogP contribution < -0.4 is 14.4 Å². The van der Waals surface area contributed by atoms with Crippen molar-refractivity contribution < 1.29 is 17.9 Å². The lowest BCUT2D eigenvalue weighted by Gasteiger charge is -2.22. The minimum absolute atomic E-state index is 0.240. The van der Waals surface area contributed by atoms with Crippen LogP contribution in [0.15, 0.2) is 48.5 Å². The molecule has 7 heteroatoms. The van der Waals surface area contributed by atoms with Crippen molar-refractivity contribution in [3.63, 3.8) is 0 Å². The number of aryl methyl sites for hydroxylation is 1. The Morgan fingerprint density at radius 2 is 1.77 bits per heavy atom. The molecule has 0 saturated carbocycles. The fourth-order valence-electron chi connectivity index (χ4n) is 3.18. The zero-order valence-corrected chi connectivity index (χ0v) is 19.7. The van der Waals surface area contributed by atoms with Crippen LogP contribution in [0.1, 0.15) is 50.7 Å². The van der Waals surface area contributed by atoms with E-state index in [-0.39, 0.29) is 12.5 Å². The number of para-hydroxylation sites is 1. The molecule has 170 valence electrons. The van der Waals surface area contributed by atoms with E-state index in [1.807, 2.05) is 36.4 Å². The quantitative estimate of drug-likeness (QED) is 0.498. The second-order valence-electron chi connectivity index (χ2n) is 7.93. The van der Waals surface area contributed by atoms with E-state index in [1.165, 1.54) is 0 Å². The van der Waals surface area contributed by atoms with Gasteiger partial charge in [-0.15, -0.1) is 0 Å². The summed E-state index contributed by atoms with van der Waals surface area (Å²) in [5.74, 6) is 0.902. The van der Waals surface area contributed by atoms with Gasteiger partial charge >= 0.3 is 0 Å². The van der Waals surface area contributed by atoms with Crippen LogP contribution in [0.25, 0.3) is 0 Å². The van der Waals surface area contributed by atoms with E-state index in [0.29, 0.717) is 24.8 Å². The van der Waals surface area contributed by atoms with Crippen LogP contribution in [-0.2, 0) is 21.2 Å². The lowest BCUT2D eigenvalue weighted by molar-refractivity contribution is -0.119. The molecule has 0 atom stereocenters. The number of carbonyl (C=O) groups is 1. The fraction of sp³-hybridized carbons (Fsp3) is 0.458. The molecule has 0 radical (unpaired) electrons. The van der Waals surface area contributed by atoms with E-state index in [2.05, 4.69) is 26.1 Å². The lowest BCUT2D eigenvalue weighted by Crippen LogP contribution is -2.40. The highest BCUT2D eigenvalue weighted by Gasteiger charge is 2.20. The van der Waals surface area contributed by atoms with Gasteiger partial charge in [-0.05, 0) is 54.5 Å². The summed E-state index contributed by atoms with van der Waals surface area (Å²) in [5, 5.41) is 2.83. The summed E-state index contributed by atoms with van der Waals surface area (Å²) in [4.78, 5) is 12.4. The maximum atomic E-state index is 12.4. The Morgan fingerprint density at radius 1 is 1.10 bits per heavy atom. The van der Waals surface area contributed by atoms with Crippen LogP contribution >= 0.6 is 0 Å². The highest BCUT2D eigenvalue weighted by molar-refractivity contribution is 7.92. The van der Waals surface area contributed by atoms with Crippen molar-refractivity contribution in [3.8, 4) is 5.75 Å². The zero-order valence-electron chi connectivity index (χ0n) is 18.9. The van der Waals surface area contributed by atoms with Gasteiger partial charge in [-0.3, -0.25) is 9.10 Å². The summed E-state index contributed by atoms with van der Waals surface area (Å²) in [6, 6.07) is 15.2. The fourth-order valence-corrected chi connectivity index (χ4v) is 4.04. The van der Waals surface area contributed by atoms with E-state index < -0.39 is 10.0 Å². The number of anilines is 1. The molecule has 2 rings (SSSR count). The molecule has 2 aromatic carbocycles. The molecule has 1 N–H and O–H groups in total. The number of benzene rings is 2. The highest BCUT2D eigenvalue weighted by atomic mass is 32.2. The summed E-state index contributed by atoms with van der Waals surface area (Å²) < 4.78 is 31.4. The number of sulfonamides is 1. The van der Waals surface area contributed by atoms with Gasteiger partial charge in [0, 0.05) is 6.54 Å². The Hall–Kier alpha value is -2.54. The second-order valence-corrected chi connectivity index (χ2v) is 9.83. The van der Waals surface area contributed by atoms with Gasteiger partial charge < -0.3 is 10.1 Å². The number of carbonyl (C=O) groups excluding carboxylic acids is 1. The molecule has 0 fully saturated rings. The standard InChI is InChI=1S/C24H34N2O4S/c1-5-17-30-23-11-7-6-9-21(23)10-8-16-25-24(27)18-26(31(4,28)29)22-14-12-20(13-15-22)19(2)3/h6-7,9,11-15,19H,5,8,10,16-18H2,1-4H3,(H,25,27). The van der Waals surface area contributed by atoms with Crippen molar-refractivity contribution in [2.75, 3.05) is 30.3 Å². The van der Waals surface area contributed by atoms with E-state index in [4.69, 9.17) is 4.74 Å². The van der Waals surface area contributed by atoms with Crippen molar-refractivity contribution in [1.29, 1.82) is 0 Å². The number of nitrogens with one attached hydrogen (secondary N) is 1. The molecule has 1 amide bonds. The third-order valence-corrected chi connectivity index (χ3v) is 6.06. The van der Waals surface area contributed by atoms with Gasteiger partial charge in [-0.1, -0.05) is 51.1 Å². The summed E-state index contributed by atoms with van der Waals surface area (Å²) in [6.45, 7) is 7.11. The third kappa shape index (κ3) is 7.90. The molecule has 0 unspecified atom stereocenters. The van der Waals surface area contributed by atoms with Crippen LogP contribution in [0, 0.1) is 0 Å². The second kappa shape index (κ2) is 11.7. The average Bonchev–Trinajstić information content (AvgIpc) is 2.73. The van der Waals surface area contributed by atoms with E-state index in [9.17, 15) is 13.2 Å². The van der Waals surface area contributed by atoms with Crippen LogP contribution in [0.5, 0.6) is 5.75 Å². The molecule has 0 aliphatic carbocycles. The van der Waals surface area contributed by atoms with Crippen molar-refractivity contribution in [2.45, 2.75) is 46.0 Å². The lowest BCUT2D eigenvalue weighted by atomic mass is 10.0. The Bertz CT molecular complexity index is 940. The minimum atomic E-state index is -3.58. The van der Waals surface area contributed by atoms with Gasteiger partial charge in [-0.2, -0.15) is 0 Å². The normalized spacial score (nSPS) is 11.4. The van der Waals surface area contributed by atoms with Crippen LogP contribution in [0.2, 0.25) is 0 Å². The number of hydrogen-bond donors (Lipinski definition) is 1. The van der Waals surface area contributed by atoms with Crippen LogP contribution in [0.3, 0.4) is 0 Å². The molecule has 0 aliphatic rings. The van der Waals surface area contributed by atoms with Gasteiger partial charge in [-0.25, -0.2) is 8.42 Å². The van der Waals surface area contributed by atoms with E-state index in [1.54, 1.807) is 12.1 Å². The smallest absolute Gasteiger partial charge is 0.240 e. The molecule has 0 aliphatic heterocycles. The molecule has 0 aromatic heterocycles. The summed E-state index contributed by atoms with van der Waals surface area (Å²) >= 11 is 0. The molecule has 0 heterocycles. The third-order valence-electron chi connectivity index (χ3n) is 4.91. The Morgan fingerprint density at radius 3 is 2.39 bits per heavy atom. The predicted octanol–water partition coefficient (Wildman–Crippen LogP) is 4.11. The van der Waals surface area contributed by atoms with Crippen LogP contribution in [0.4, 0.5) is 5.69 Å². The molecule has 6 nitrogen and oxygen atoms in total. The molecule has 0 saturated heterocycles. The van der Waals surface area contributed by atoms with Gasteiger partial charge in [0.15, 0.2) is 0 Å². The molecular formula is C24H34N2O4S. The van der Waals surface area contributed by atoms with Crippen molar-refractivity contribution in [1.82, 2.24) is 5.32 Å². The number of amides is 1. The number of rotatable bonds is 12. The van der Waals surface area contributed by atoms with Gasteiger partial charge in [0.25, 0.3) is 0 Å². The first kappa shape index (κ1) is 24.7. The first-order valence-electron chi connectivity index (χ1n) is 10.8. The summed E-state index contributed by atoms with van der Waals surface area (Å²) in [5.41, 5.74) is 2.71. The number of nitrogens with zero attached hydrogens (tertiary/aromatic N) is 1. The number of hydrogen-bond acceptors (Lipinski definition) is 4. The Labute approximate surface area is 186 Å². The number of ether oxygens (including phenoxy) is 1. The summed E-state index contributed by atoms with van der Waals surface area (Å²) in [6.07, 6.45) is 3.57. The topological polar surface area (TPSA) is 75.7 Å². The van der Waals surface area contributed by atoms with Crippen molar-refractivity contribution >= 4 is 21.6 Å².